The maximum absolute atomic E-state index is 12.8. The van der Waals surface area contributed by atoms with Crippen molar-refractivity contribution >= 4 is 5.78 Å². The molecule has 1 atom stereocenters. The standard InChI is InChI=1S/C22H27NO4/c1-14-22(27-2)21(26)19-16(10-13-18(25)20(19)23-14)7-5-3-4-6-15-8-11-17(24)12-9-15/h8-9,11-12,16,24H,3-7,10,13H2,1-2H3,(H,23,26)/t16-/m0/s1. The number of fused-ring (bicyclic) bond motifs is 1. The van der Waals surface area contributed by atoms with Gasteiger partial charge in [-0.05, 0) is 56.2 Å². The number of pyridine rings is 1. The molecule has 0 unspecified atom stereocenters. The highest BCUT2D eigenvalue weighted by molar-refractivity contribution is 5.97. The highest BCUT2D eigenvalue weighted by Crippen LogP contribution is 2.34. The van der Waals surface area contributed by atoms with E-state index in [0.29, 0.717) is 34.9 Å². The fourth-order valence-electron chi connectivity index (χ4n) is 4.00. The predicted octanol–water partition coefficient (Wildman–Crippen LogP) is 4.26. The van der Waals surface area contributed by atoms with Crippen molar-refractivity contribution in [1.82, 2.24) is 4.98 Å². The van der Waals surface area contributed by atoms with E-state index in [9.17, 15) is 14.7 Å². The third kappa shape index (κ3) is 4.24. The number of carbonyl (C=O) groups is 1. The molecule has 1 heterocycles. The largest absolute Gasteiger partial charge is 0.508 e. The minimum atomic E-state index is -0.133. The molecule has 1 aliphatic rings. The summed E-state index contributed by atoms with van der Waals surface area (Å²) >= 11 is 0. The molecule has 0 aliphatic heterocycles. The summed E-state index contributed by atoms with van der Waals surface area (Å²) < 4.78 is 5.25. The molecule has 1 aromatic carbocycles. The SMILES string of the molecule is COc1c(C)[nH]c2c(c1=O)[C@@H](CCCCCc1ccc(O)cc1)CCC2=O. The van der Waals surface area contributed by atoms with Crippen LogP contribution in [0, 0.1) is 6.92 Å². The van der Waals surface area contributed by atoms with Crippen molar-refractivity contribution in [3.05, 3.63) is 57.0 Å². The Bertz CT molecular complexity index is 867. The average Bonchev–Trinajstić information content (AvgIpc) is 2.65. The zero-order chi connectivity index (χ0) is 19.4. The first-order chi connectivity index (χ1) is 13.0. The Kier molecular flexibility index (Phi) is 5.99. The number of benzene rings is 1. The van der Waals surface area contributed by atoms with Crippen LogP contribution in [0.3, 0.4) is 0 Å². The molecule has 5 heteroatoms. The van der Waals surface area contributed by atoms with Gasteiger partial charge in [-0.2, -0.15) is 0 Å². The van der Waals surface area contributed by atoms with E-state index in [1.54, 1.807) is 19.1 Å². The molecule has 5 nitrogen and oxygen atoms in total. The summed E-state index contributed by atoms with van der Waals surface area (Å²) in [5.41, 5.74) is 2.80. The van der Waals surface area contributed by atoms with E-state index in [1.165, 1.54) is 12.7 Å². The van der Waals surface area contributed by atoms with Gasteiger partial charge < -0.3 is 14.8 Å². The van der Waals surface area contributed by atoms with Gasteiger partial charge in [0.2, 0.25) is 5.43 Å². The number of aryl methyl sites for hydroxylation is 2. The molecule has 144 valence electrons. The molecule has 0 radical (unpaired) electrons. The van der Waals surface area contributed by atoms with E-state index in [-0.39, 0.29) is 17.1 Å². The van der Waals surface area contributed by atoms with Crippen LogP contribution < -0.4 is 10.2 Å². The first-order valence-electron chi connectivity index (χ1n) is 9.63. The quantitative estimate of drug-likeness (QED) is 0.715. The molecule has 3 rings (SSSR count). The lowest BCUT2D eigenvalue weighted by Gasteiger charge is -2.25. The molecule has 2 aromatic rings. The Morgan fingerprint density at radius 1 is 1.15 bits per heavy atom. The Morgan fingerprint density at radius 2 is 1.89 bits per heavy atom. The minimum Gasteiger partial charge on any atom is -0.508 e. The number of Topliss-reactive ketones (excluding diaryl/α,β-unsaturated/α-hetero) is 1. The van der Waals surface area contributed by atoms with Gasteiger partial charge in [-0.1, -0.05) is 25.0 Å². The summed E-state index contributed by atoms with van der Waals surface area (Å²) in [6, 6.07) is 7.33. The fourth-order valence-corrected chi connectivity index (χ4v) is 4.00. The van der Waals surface area contributed by atoms with E-state index in [0.717, 1.165) is 38.5 Å². The number of aromatic hydroxyl groups is 1. The number of hydrogen-bond donors (Lipinski definition) is 2. The number of methoxy groups -OCH3 is 1. The predicted molar refractivity (Wildman–Crippen MR) is 105 cm³/mol. The number of nitrogens with one attached hydrogen (secondary N) is 1. The summed E-state index contributed by atoms with van der Waals surface area (Å²) in [5, 5.41) is 9.33. The third-order valence-corrected chi connectivity index (χ3v) is 5.44. The molecular weight excluding hydrogens is 342 g/mol. The first kappa shape index (κ1) is 19.2. The van der Waals surface area contributed by atoms with Crippen molar-refractivity contribution < 1.29 is 14.6 Å². The smallest absolute Gasteiger partial charge is 0.227 e. The van der Waals surface area contributed by atoms with Gasteiger partial charge in [0.05, 0.1) is 18.5 Å². The van der Waals surface area contributed by atoms with Crippen LogP contribution >= 0.6 is 0 Å². The maximum Gasteiger partial charge on any atom is 0.227 e. The van der Waals surface area contributed by atoms with Crippen molar-refractivity contribution in [2.75, 3.05) is 7.11 Å². The number of carbonyl (C=O) groups excluding carboxylic acids is 1. The van der Waals surface area contributed by atoms with Crippen molar-refractivity contribution in [2.45, 2.75) is 57.8 Å². The monoisotopic (exact) mass is 369 g/mol. The number of phenolic OH excluding ortho intramolecular Hbond substituents is 1. The normalized spacial score (nSPS) is 16.2. The van der Waals surface area contributed by atoms with Crippen molar-refractivity contribution in [3.63, 3.8) is 0 Å². The van der Waals surface area contributed by atoms with E-state index in [2.05, 4.69) is 4.98 Å². The molecule has 0 bridgehead atoms. The lowest BCUT2D eigenvalue weighted by Crippen LogP contribution is -2.27. The second kappa shape index (κ2) is 8.42. The highest BCUT2D eigenvalue weighted by atomic mass is 16.5. The maximum atomic E-state index is 12.8. The zero-order valence-corrected chi connectivity index (χ0v) is 16.0. The lowest BCUT2D eigenvalue weighted by molar-refractivity contribution is 0.0959. The van der Waals surface area contributed by atoms with E-state index < -0.39 is 0 Å². The van der Waals surface area contributed by atoms with Gasteiger partial charge >= 0.3 is 0 Å². The summed E-state index contributed by atoms with van der Waals surface area (Å²) in [7, 11) is 1.49. The van der Waals surface area contributed by atoms with Crippen molar-refractivity contribution in [3.8, 4) is 11.5 Å². The summed E-state index contributed by atoms with van der Waals surface area (Å²) in [6.07, 6.45) is 6.27. The second-order valence-electron chi connectivity index (χ2n) is 7.33. The Morgan fingerprint density at radius 3 is 2.59 bits per heavy atom. The minimum absolute atomic E-state index is 0.0245. The number of phenols is 1. The highest BCUT2D eigenvalue weighted by Gasteiger charge is 2.30. The summed E-state index contributed by atoms with van der Waals surface area (Å²) in [6.45, 7) is 1.76. The second-order valence-corrected chi connectivity index (χ2v) is 7.33. The van der Waals surface area contributed by atoms with Crippen LogP contribution in [0.25, 0.3) is 0 Å². The van der Waals surface area contributed by atoms with Gasteiger partial charge in [-0.3, -0.25) is 9.59 Å². The van der Waals surface area contributed by atoms with Crippen molar-refractivity contribution in [2.24, 2.45) is 0 Å². The van der Waals surface area contributed by atoms with Gasteiger partial charge in [0.1, 0.15) is 5.75 Å². The molecule has 27 heavy (non-hydrogen) atoms. The number of hydrogen-bond acceptors (Lipinski definition) is 4. The third-order valence-electron chi connectivity index (χ3n) is 5.44. The van der Waals surface area contributed by atoms with Crippen LogP contribution in [-0.2, 0) is 6.42 Å². The Hall–Kier alpha value is -2.56. The summed E-state index contributed by atoms with van der Waals surface area (Å²) in [5.74, 6) is 0.752. The fraction of sp³-hybridized carbons (Fsp3) is 0.455. The number of aromatic amines is 1. The number of H-pyrrole nitrogens is 1. The van der Waals surface area contributed by atoms with Crippen LogP contribution in [0.4, 0.5) is 0 Å². The number of ether oxygens (including phenoxy) is 1. The first-order valence-corrected chi connectivity index (χ1v) is 9.63. The summed E-state index contributed by atoms with van der Waals surface area (Å²) in [4.78, 5) is 28.2. The number of unbranched alkanes of at least 4 members (excludes halogenated alkanes) is 2. The van der Waals surface area contributed by atoms with E-state index in [4.69, 9.17) is 4.74 Å². The molecule has 2 N–H and O–H groups in total. The molecule has 1 aromatic heterocycles. The average molecular weight is 369 g/mol. The van der Waals surface area contributed by atoms with Crippen LogP contribution in [0.15, 0.2) is 29.1 Å². The van der Waals surface area contributed by atoms with Gasteiger partial charge in [0.25, 0.3) is 0 Å². The molecule has 0 amide bonds. The molecule has 0 saturated carbocycles. The topological polar surface area (TPSA) is 79.4 Å². The van der Waals surface area contributed by atoms with Gasteiger partial charge in [-0.25, -0.2) is 0 Å². The number of ketones is 1. The van der Waals surface area contributed by atoms with Crippen LogP contribution in [0.2, 0.25) is 0 Å². The molecular formula is C22H27NO4. The van der Waals surface area contributed by atoms with Crippen LogP contribution in [0.1, 0.15) is 71.8 Å². The Labute approximate surface area is 159 Å². The zero-order valence-electron chi connectivity index (χ0n) is 16.0. The van der Waals surface area contributed by atoms with E-state index >= 15 is 0 Å². The van der Waals surface area contributed by atoms with E-state index in [1.807, 2.05) is 12.1 Å². The molecule has 1 aliphatic carbocycles. The van der Waals surface area contributed by atoms with Crippen LogP contribution in [0.5, 0.6) is 11.5 Å². The number of rotatable bonds is 7. The van der Waals surface area contributed by atoms with Gasteiger partial charge in [0, 0.05) is 12.0 Å². The Balaban J connectivity index is 1.62. The molecule has 0 spiro atoms. The molecule has 0 fully saturated rings. The number of aromatic nitrogens is 1. The van der Waals surface area contributed by atoms with Gasteiger partial charge in [-0.15, -0.1) is 0 Å². The lowest BCUT2D eigenvalue weighted by atomic mass is 9.81. The molecule has 0 saturated heterocycles. The van der Waals surface area contributed by atoms with Crippen LogP contribution in [-0.4, -0.2) is 23.0 Å². The van der Waals surface area contributed by atoms with Crippen molar-refractivity contribution in [1.29, 1.82) is 0 Å². The van der Waals surface area contributed by atoms with Gasteiger partial charge in [0.15, 0.2) is 11.5 Å².